The SMILES string of the molecule is CCCCCCCCC/C=C/C(O)C(CO)NC(=O)CCCCCCCCCCCCCCCCCCC/C=C\CCCCCCCCCCCCCCCCCCOC(=O)CCCCCCCCCCCCC. The van der Waals surface area contributed by atoms with E-state index < -0.39 is 12.1 Å². The smallest absolute Gasteiger partial charge is 0.305 e. The summed E-state index contributed by atoms with van der Waals surface area (Å²) in [5, 5.41) is 23.0. The lowest BCUT2D eigenvalue weighted by molar-refractivity contribution is -0.143. The molecule has 0 saturated heterocycles. The van der Waals surface area contributed by atoms with Crippen molar-refractivity contribution in [1.82, 2.24) is 5.32 Å². The Labute approximate surface area is 462 Å². The Kier molecular flexibility index (Phi) is 62.4. The third-order valence-corrected chi connectivity index (χ3v) is 15.7. The monoisotopic (exact) mass is 1040 g/mol. The van der Waals surface area contributed by atoms with Gasteiger partial charge in [0, 0.05) is 12.8 Å². The van der Waals surface area contributed by atoms with Gasteiger partial charge in [0.2, 0.25) is 5.91 Å². The summed E-state index contributed by atoms with van der Waals surface area (Å²) in [5.41, 5.74) is 0. The Morgan fingerprint density at radius 3 is 0.959 bits per heavy atom. The van der Waals surface area contributed by atoms with E-state index in [9.17, 15) is 19.8 Å². The van der Waals surface area contributed by atoms with E-state index in [2.05, 4.69) is 31.3 Å². The molecule has 3 N–H and O–H groups in total. The lowest BCUT2D eigenvalue weighted by Crippen LogP contribution is -2.45. The van der Waals surface area contributed by atoms with Crippen molar-refractivity contribution in [1.29, 1.82) is 0 Å². The van der Waals surface area contributed by atoms with Crippen molar-refractivity contribution in [2.24, 2.45) is 0 Å². The fourth-order valence-electron chi connectivity index (χ4n) is 10.6. The van der Waals surface area contributed by atoms with Crippen LogP contribution >= 0.6 is 0 Å². The summed E-state index contributed by atoms with van der Waals surface area (Å²) in [6.45, 7) is 4.90. The van der Waals surface area contributed by atoms with Crippen molar-refractivity contribution in [3.05, 3.63) is 24.3 Å². The van der Waals surface area contributed by atoms with E-state index in [-0.39, 0.29) is 18.5 Å². The highest BCUT2D eigenvalue weighted by Gasteiger charge is 2.18. The first-order valence-corrected chi connectivity index (χ1v) is 33.6. The summed E-state index contributed by atoms with van der Waals surface area (Å²) in [4.78, 5) is 24.4. The van der Waals surface area contributed by atoms with Gasteiger partial charge in [-0.3, -0.25) is 9.59 Å². The molecule has 0 aliphatic carbocycles. The summed E-state index contributed by atoms with van der Waals surface area (Å²) in [7, 11) is 0. The zero-order valence-corrected chi connectivity index (χ0v) is 50.1. The number of aliphatic hydroxyl groups excluding tert-OH is 2. The number of allylic oxidation sites excluding steroid dienone is 3. The van der Waals surface area contributed by atoms with E-state index in [0.717, 1.165) is 38.5 Å². The van der Waals surface area contributed by atoms with Gasteiger partial charge in [-0.15, -0.1) is 0 Å². The maximum atomic E-state index is 12.4. The van der Waals surface area contributed by atoms with Crippen LogP contribution in [0.3, 0.4) is 0 Å². The first-order valence-electron chi connectivity index (χ1n) is 33.6. The third kappa shape index (κ3) is 59.6. The van der Waals surface area contributed by atoms with Crippen LogP contribution < -0.4 is 5.32 Å². The standard InChI is InChI=1S/C68H131NO5/c1-3-5-7-9-11-13-41-46-50-54-58-62-68(73)74-63-59-55-51-47-43-40-38-36-34-32-30-28-26-24-22-20-18-16-14-15-17-19-21-23-25-27-29-31-33-35-37-39-42-45-49-53-57-61-67(72)69-65(64-70)66(71)60-56-52-48-44-12-10-8-6-4-2/h14,16,56,60,65-66,70-71H,3-13,15,17-55,57-59,61-64H2,1-2H3,(H,69,72)/b16-14-,60-56+. The van der Waals surface area contributed by atoms with E-state index in [1.165, 1.54) is 308 Å². The number of esters is 1. The lowest BCUT2D eigenvalue weighted by atomic mass is 10.0. The average molecular weight is 1040 g/mol. The fraction of sp³-hybridized carbons (Fsp3) is 0.912. The molecule has 0 bridgehead atoms. The predicted molar refractivity (Wildman–Crippen MR) is 324 cm³/mol. The van der Waals surface area contributed by atoms with Crippen molar-refractivity contribution in [2.75, 3.05) is 13.2 Å². The Morgan fingerprint density at radius 2 is 0.635 bits per heavy atom. The van der Waals surface area contributed by atoms with Gasteiger partial charge in [0.25, 0.3) is 0 Å². The molecule has 6 heteroatoms. The molecule has 0 aromatic heterocycles. The number of unbranched alkanes of at least 4 members (excludes halogenated alkanes) is 50. The summed E-state index contributed by atoms with van der Waals surface area (Å²) in [6, 6.07) is -0.622. The Hall–Kier alpha value is -1.66. The van der Waals surface area contributed by atoms with E-state index in [1.54, 1.807) is 6.08 Å². The molecule has 1 amide bonds. The van der Waals surface area contributed by atoms with Crippen LogP contribution in [-0.2, 0) is 14.3 Å². The van der Waals surface area contributed by atoms with Crippen molar-refractivity contribution >= 4 is 11.9 Å². The van der Waals surface area contributed by atoms with Crippen LogP contribution in [0, 0.1) is 0 Å². The number of ether oxygens (including phenoxy) is 1. The second kappa shape index (κ2) is 63.9. The molecule has 0 aromatic carbocycles. The first kappa shape index (κ1) is 72.3. The number of amides is 1. The largest absolute Gasteiger partial charge is 0.466 e. The molecule has 0 aliphatic heterocycles. The van der Waals surface area contributed by atoms with Crippen LogP contribution in [0.15, 0.2) is 24.3 Å². The van der Waals surface area contributed by atoms with Crippen molar-refractivity contribution in [3.8, 4) is 0 Å². The van der Waals surface area contributed by atoms with Crippen LogP contribution in [0.4, 0.5) is 0 Å². The van der Waals surface area contributed by atoms with Crippen molar-refractivity contribution in [2.45, 2.75) is 386 Å². The molecule has 0 heterocycles. The van der Waals surface area contributed by atoms with Crippen LogP contribution in [0.2, 0.25) is 0 Å². The Bertz CT molecular complexity index is 1150. The topological polar surface area (TPSA) is 95.9 Å². The molecule has 0 spiro atoms. The van der Waals surface area contributed by atoms with Gasteiger partial charge in [-0.2, -0.15) is 0 Å². The summed E-state index contributed by atoms with van der Waals surface area (Å²) in [6.07, 6.45) is 79.9. The van der Waals surface area contributed by atoms with Crippen LogP contribution in [0.25, 0.3) is 0 Å². The number of carbonyl (C=O) groups is 2. The molecule has 74 heavy (non-hydrogen) atoms. The molecular formula is C68H131NO5. The summed E-state index contributed by atoms with van der Waals surface area (Å²) in [5.74, 6) is -0.0442. The Balaban J connectivity index is 3.30. The normalized spacial score (nSPS) is 12.6. The molecule has 0 rings (SSSR count). The van der Waals surface area contributed by atoms with E-state index >= 15 is 0 Å². The third-order valence-electron chi connectivity index (χ3n) is 15.7. The van der Waals surface area contributed by atoms with Crippen LogP contribution in [-0.4, -0.2) is 47.4 Å². The average Bonchev–Trinajstić information content (AvgIpc) is 3.40. The second-order valence-corrected chi connectivity index (χ2v) is 23.2. The highest BCUT2D eigenvalue weighted by atomic mass is 16.5. The van der Waals surface area contributed by atoms with Crippen molar-refractivity contribution in [3.63, 3.8) is 0 Å². The second-order valence-electron chi connectivity index (χ2n) is 23.2. The maximum absolute atomic E-state index is 12.4. The number of rotatable bonds is 63. The van der Waals surface area contributed by atoms with Crippen LogP contribution in [0.5, 0.6) is 0 Å². The van der Waals surface area contributed by atoms with E-state index in [1.807, 2.05) is 6.08 Å². The minimum absolute atomic E-state index is 0.0212. The van der Waals surface area contributed by atoms with Crippen molar-refractivity contribution < 1.29 is 24.5 Å². The fourth-order valence-corrected chi connectivity index (χ4v) is 10.6. The highest BCUT2D eigenvalue weighted by Crippen LogP contribution is 2.18. The number of carbonyl (C=O) groups excluding carboxylic acids is 2. The first-order chi connectivity index (χ1) is 36.5. The van der Waals surface area contributed by atoms with E-state index in [4.69, 9.17) is 4.74 Å². The van der Waals surface area contributed by atoms with Gasteiger partial charge in [0.1, 0.15) is 0 Å². The molecule has 2 unspecified atom stereocenters. The van der Waals surface area contributed by atoms with Gasteiger partial charge in [0.15, 0.2) is 0 Å². The minimum atomic E-state index is -0.838. The van der Waals surface area contributed by atoms with E-state index in [0.29, 0.717) is 19.4 Å². The maximum Gasteiger partial charge on any atom is 0.305 e. The number of nitrogens with one attached hydrogen (secondary N) is 1. The number of hydrogen-bond donors (Lipinski definition) is 3. The predicted octanol–water partition coefficient (Wildman–Crippen LogP) is 21.4. The molecule has 0 aliphatic rings. The molecule has 0 aromatic rings. The van der Waals surface area contributed by atoms with Gasteiger partial charge < -0.3 is 20.3 Å². The summed E-state index contributed by atoms with van der Waals surface area (Å²) < 4.78 is 5.47. The van der Waals surface area contributed by atoms with Gasteiger partial charge >= 0.3 is 5.97 Å². The molecule has 0 fully saturated rings. The van der Waals surface area contributed by atoms with Gasteiger partial charge in [-0.1, -0.05) is 327 Å². The number of aliphatic hydroxyl groups is 2. The molecule has 2 atom stereocenters. The Morgan fingerprint density at radius 1 is 0.365 bits per heavy atom. The molecule has 0 saturated carbocycles. The molecular weight excluding hydrogens is 911 g/mol. The van der Waals surface area contributed by atoms with Gasteiger partial charge in [-0.05, 0) is 57.8 Å². The van der Waals surface area contributed by atoms with Gasteiger partial charge in [-0.25, -0.2) is 0 Å². The highest BCUT2D eigenvalue weighted by molar-refractivity contribution is 5.76. The lowest BCUT2D eigenvalue weighted by Gasteiger charge is -2.20. The minimum Gasteiger partial charge on any atom is -0.466 e. The number of hydrogen-bond acceptors (Lipinski definition) is 5. The summed E-state index contributed by atoms with van der Waals surface area (Å²) >= 11 is 0. The zero-order valence-electron chi connectivity index (χ0n) is 50.1. The molecule has 6 nitrogen and oxygen atoms in total. The van der Waals surface area contributed by atoms with Gasteiger partial charge in [0.05, 0.1) is 25.4 Å². The molecule has 438 valence electrons. The zero-order chi connectivity index (χ0) is 53.6. The molecule has 0 radical (unpaired) electrons. The van der Waals surface area contributed by atoms with Crippen LogP contribution in [0.1, 0.15) is 373 Å². The quantitative estimate of drug-likeness (QED) is 0.0320.